The van der Waals surface area contributed by atoms with Crippen LogP contribution in [0.4, 0.5) is 0 Å². The van der Waals surface area contributed by atoms with E-state index in [1.807, 2.05) is 49.4 Å². The minimum Gasteiger partial charge on any atom is -0.478 e. The highest BCUT2D eigenvalue weighted by Crippen LogP contribution is 2.43. The Hall–Kier alpha value is -3.15. The van der Waals surface area contributed by atoms with Gasteiger partial charge in [0.05, 0.1) is 12.1 Å². The van der Waals surface area contributed by atoms with Gasteiger partial charge in [-0.1, -0.05) is 59.8 Å². The first-order chi connectivity index (χ1) is 14.8. The van der Waals surface area contributed by atoms with E-state index in [0.717, 1.165) is 29.7 Å². The van der Waals surface area contributed by atoms with Crippen LogP contribution in [-0.4, -0.2) is 28.3 Å². The van der Waals surface area contributed by atoms with Crippen LogP contribution < -0.4 is 5.32 Å². The normalized spacial score (nSPS) is 18.7. The van der Waals surface area contributed by atoms with E-state index in [1.165, 1.54) is 19.4 Å². The Morgan fingerprint density at radius 1 is 1.06 bits per heavy atom. The zero-order valence-electron chi connectivity index (χ0n) is 18.3. The molecule has 2 N–H and O–H groups in total. The second kappa shape index (κ2) is 9.77. The van der Waals surface area contributed by atoms with Crippen LogP contribution in [0, 0.1) is 5.92 Å². The van der Waals surface area contributed by atoms with E-state index in [9.17, 15) is 9.59 Å². The van der Waals surface area contributed by atoms with Gasteiger partial charge in [-0.05, 0) is 56.2 Å². The highest BCUT2D eigenvalue weighted by atomic mass is 16.7. The Labute approximate surface area is 183 Å². The second-order valence-electron chi connectivity index (χ2n) is 8.61. The summed E-state index contributed by atoms with van der Waals surface area (Å²) in [4.78, 5) is 28.7. The van der Waals surface area contributed by atoms with Gasteiger partial charge in [-0.2, -0.15) is 0 Å². The van der Waals surface area contributed by atoms with Crippen molar-refractivity contribution in [3.8, 4) is 0 Å². The van der Waals surface area contributed by atoms with Crippen molar-refractivity contribution in [3.05, 3.63) is 71.3 Å². The Balaban J connectivity index is 1.53. The summed E-state index contributed by atoms with van der Waals surface area (Å²) in [6.07, 6.45) is 2.40. The maximum atomic E-state index is 12.2. The Morgan fingerprint density at radius 3 is 2.32 bits per heavy atom. The summed E-state index contributed by atoms with van der Waals surface area (Å²) in [6.45, 7) is 5.39. The number of carbonyl (C=O) groups is 2. The summed E-state index contributed by atoms with van der Waals surface area (Å²) >= 11 is 0. The summed E-state index contributed by atoms with van der Waals surface area (Å²) in [5.74, 6) is -0.470. The van der Waals surface area contributed by atoms with E-state index >= 15 is 0 Å². The van der Waals surface area contributed by atoms with Gasteiger partial charge in [0.15, 0.2) is 0 Å². The van der Waals surface area contributed by atoms with E-state index in [1.54, 1.807) is 0 Å². The van der Waals surface area contributed by atoms with Gasteiger partial charge in [0.1, 0.15) is 0 Å². The van der Waals surface area contributed by atoms with Crippen LogP contribution in [0.5, 0.6) is 0 Å². The molecule has 3 rings (SSSR count). The first kappa shape index (κ1) is 22.5. The number of rotatable bonds is 9. The van der Waals surface area contributed by atoms with Crippen molar-refractivity contribution in [2.45, 2.75) is 58.1 Å². The third-order valence-electron chi connectivity index (χ3n) is 5.85. The third-order valence-corrected chi connectivity index (χ3v) is 5.85. The lowest BCUT2D eigenvalue weighted by Gasteiger charge is -2.37. The number of amides is 1. The second-order valence-corrected chi connectivity index (χ2v) is 8.61. The molecule has 6 heteroatoms. The molecule has 0 radical (unpaired) electrons. The smallest absolute Gasteiger partial charge is 0.350 e. The molecule has 2 aromatic rings. The predicted molar refractivity (Wildman–Crippen MR) is 120 cm³/mol. The Bertz CT molecular complexity index is 936. The maximum Gasteiger partial charge on any atom is 0.350 e. The number of aliphatic carboxylic acids is 1. The van der Waals surface area contributed by atoms with E-state index in [2.05, 4.69) is 22.6 Å². The molecule has 6 nitrogen and oxygen atoms in total. The van der Waals surface area contributed by atoms with Gasteiger partial charge < -0.3 is 15.3 Å². The van der Waals surface area contributed by atoms with Gasteiger partial charge in [-0.3, -0.25) is 4.79 Å². The molecule has 0 aromatic heterocycles. The first-order valence-corrected chi connectivity index (χ1v) is 10.6. The van der Waals surface area contributed by atoms with Gasteiger partial charge in [0.25, 0.3) is 0 Å². The molecule has 0 spiro atoms. The van der Waals surface area contributed by atoms with Gasteiger partial charge in [0.2, 0.25) is 11.5 Å². The number of carboxylic acids is 1. The summed E-state index contributed by atoms with van der Waals surface area (Å²) < 4.78 is 0. The van der Waals surface area contributed by atoms with Gasteiger partial charge in [0, 0.05) is 12.5 Å². The maximum absolute atomic E-state index is 12.2. The van der Waals surface area contributed by atoms with Crippen molar-refractivity contribution >= 4 is 17.6 Å². The molecular weight excluding hydrogens is 392 g/mol. The summed E-state index contributed by atoms with van der Waals surface area (Å²) in [6, 6.07) is 18.0. The molecule has 2 atom stereocenters. The number of oxime groups is 1. The average molecular weight is 423 g/mol. The minimum absolute atomic E-state index is 0.000652. The molecule has 1 saturated carbocycles. The topological polar surface area (TPSA) is 88.0 Å². The molecule has 0 saturated heterocycles. The molecule has 0 bridgehead atoms. The summed E-state index contributed by atoms with van der Waals surface area (Å²) in [5, 5.41) is 16.2. The van der Waals surface area contributed by atoms with Crippen molar-refractivity contribution in [3.63, 3.8) is 0 Å². The SMILES string of the molecule is C/C(=N\OC(C)(C)C(=O)O)C1CC[C@H]1c1ccc(CC(=O)NCc2ccccc2)cc1. The molecular formula is C25H30N2O4. The van der Waals surface area contributed by atoms with E-state index in [4.69, 9.17) is 9.94 Å². The van der Waals surface area contributed by atoms with E-state index in [-0.39, 0.29) is 11.8 Å². The van der Waals surface area contributed by atoms with Crippen LogP contribution in [0.3, 0.4) is 0 Å². The quantitative estimate of drug-likeness (QED) is 0.466. The highest BCUT2D eigenvalue weighted by Gasteiger charge is 2.35. The average Bonchev–Trinajstić information content (AvgIpc) is 2.72. The van der Waals surface area contributed by atoms with Crippen LogP contribution in [-0.2, 0) is 27.4 Å². The van der Waals surface area contributed by atoms with Crippen LogP contribution in [0.15, 0.2) is 59.8 Å². The van der Waals surface area contributed by atoms with Gasteiger partial charge in [-0.25, -0.2) is 4.79 Å². The molecule has 164 valence electrons. The van der Waals surface area contributed by atoms with E-state index < -0.39 is 11.6 Å². The van der Waals surface area contributed by atoms with E-state index in [0.29, 0.717) is 18.9 Å². The van der Waals surface area contributed by atoms with Crippen molar-refractivity contribution < 1.29 is 19.5 Å². The summed E-state index contributed by atoms with van der Waals surface area (Å²) in [7, 11) is 0. The molecule has 0 aliphatic heterocycles. The molecule has 1 unspecified atom stereocenters. The molecule has 2 aromatic carbocycles. The molecule has 1 amide bonds. The fraction of sp³-hybridized carbons (Fsp3) is 0.400. The standard InChI is InChI=1S/C25H30N2O4/c1-17(27-31-25(2,3)24(29)30)21-13-14-22(21)20-11-9-18(10-12-20)15-23(28)26-16-19-7-5-4-6-8-19/h4-12,21-22H,13-16H2,1-3H3,(H,26,28)(H,29,30)/b27-17+/t21?,22-/m0/s1. The predicted octanol–water partition coefficient (Wildman–Crippen LogP) is 4.29. The van der Waals surface area contributed by atoms with Gasteiger partial charge >= 0.3 is 5.97 Å². The van der Waals surface area contributed by atoms with Crippen LogP contribution in [0.25, 0.3) is 0 Å². The third kappa shape index (κ3) is 5.94. The monoisotopic (exact) mass is 422 g/mol. The molecule has 31 heavy (non-hydrogen) atoms. The van der Waals surface area contributed by atoms with Crippen molar-refractivity contribution in [1.29, 1.82) is 0 Å². The summed E-state index contributed by atoms with van der Waals surface area (Å²) in [5.41, 5.74) is 2.73. The minimum atomic E-state index is -1.34. The fourth-order valence-electron chi connectivity index (χ4n) is 3.62. The number of benzene rings is 2. The molecule has 1 aliphatic carbocycles. The molecule has 1 fully saturated rings. The zero-order chi connectivity index (χ0) is 22.4. The zero-order valence-corrected chi connectivity index (χ0v) is 18.3. The number of hydrogen-bond acceptors (Lipinski definition) is 4. The number of nitrogens with one attached hydrogen (secondary N) is 1. The Kier molecular flexibility index (Phi) is 7.10. The van der Waals surface area contributed by atoms with Crippen molar-refractivity contribution in [1.82, 2.24) is 5.32 Å². The lowest BCUT2D eigenvalue weighted by Crippen LogP contribution is -2.35. The number of carbonyl (C=O) groups excluding carboxylic acids is 1. The largest absolute Gasteiger partial charge is 0.478 e. The van der Waals surface area contributed by atoms with Crippen molar-refractivity contribution in [2.24, 2.45) is 11.1 Å². The molecule has 0 heterocycles. The molecule has 1 aliphatic rings. The number of nitrogens with zero attached hydrogens (tertiary/aromatic N) is 1. The Morgan fingerprint density at radius 2 is 1.74 bits per heavy atom. The van der Waals surface area contributed by atoms with Crippen LogP contribution in [0.1, 0.15) is 56.2 Å². The lowest BCUT2D eigenvalue weighted by molar-refractivity contribution is -0.161. The van der Waals surface area contributed by atoms with Crippen LogP contribution in [0.2, 0.25) is 0 Å². The van der Waals surface area contributed by atoms with Gasteiger partial charge in [-0.15, -0.1) is 0 Å². The number of carboxylic acid groups (broad SMARTS) is 1. The van der Waals surface area contributed by atoms with Crippen molar-refractivity contribution in [2.75, 3.05) is 0 Å². The first-order valence-electron chi connectivity index (χ1n) is 10.6. The fourth-order valence-corrected chi connectivity index (χ4v) is 3.62. The number of hydrogen-bond donors (Lipinski definition) is 2. The van der Waals surface area contributed by atoms with Crippen LogP contribution >= 0.6 is 0 Å². The lowest BCUT2D eigenvalue weighted by atomic mass is 9.68. The highest BCUT2D eigenvalue weighted by molar-refractivity contribution is 5.86.